The molecule has 5 heteroatoms. The van der Waals surface area contributed by atoms with Crippen LogP contribution in [-0.2, 0) is 9.59 Å². The Morgan fingerprint density at radius 3 is 1.43 bits per heavy atom. The summed E-state index contributed by atoms with van der Waals surface area (Å²) in [7, 11) is 0. The Morgan fingerprint density at radius 1 is 0.750 bits per heavy atom. The van der Waals surface area contributed by atoms with Crippen LogP contribution < -0.4 is 0 Å². The van der Waals surface area contributed by atoms with Crippen molar-refractivity contribution in [3.05, 3.63) is 0 Å². The van der Waals surface area contributed by atoms with Gasteiger partial charge in [0.25, 0.3) is 0 Å². The second-order valence-electron chi connectivity index (χ2n) is 8.34. The number of aliphatic hydroxyl groups is 2. The predicted molar refractivity (Wildman–Crippen MR) is 113 cm³/mol. The zero-order chi connectivity index (χ0) is 21.3. The smallest absolute Gasteiger partial charge is 0.343 e. The van der Waals surface area contributed by atoms with Crippen LogP contribution in [0.25, 0.3) is 0 Å². The van der Waals surface area contributed by atoms with Crippen molar-refractivity contribution in [2.45, 2.75) is 135 Å². The van der Waals surface area contributed by atoms with Crippen LogP contribution in [0, 0.1) is 0 Å². The zero-order valence-electron chi connectivity index (χ0n) is 18.3. The molecule has 0 saturated carbocycles. The van der Waals surface area contributed by atoms with Crippen molar-refractivity contribution in [3.63, 3.8) is 0 Å². The molecule has 0 radical (unpaired) electrons. The first-order valence-electron chi connectivity index (χ1n) is 11.5. The van der Waals surface area contributed by atoms with E-state index >= 15 is 0 Å². The van der Waals surface area contributed by atoms with Crippen molar-refractivity contribution in [3.8, 4) is 0 Å². The van der Waals surface area contributed by atoms with E-state index in [4.69, 9.17) is 5.11 Å². The summed E-state index contributed by atoms with van der Waals surface area (Å²) in [5, 5.41) is 28.4. The Labute approximate surface area is 171 Å². The summed E-state index contributed by atoms with van der Waals surface area (Å²) < 4.78 is 0. The molecule has 0 aliphatic heterocycles. The minimum Gasteiger partial charge on any atom is -0.479 e. The van der Waals surface area contributed by atoms with E-state index in [1.54, 1.807) is 0 Å². The van der Waals surface area contributed by atoms with E-state index < -0.39 is 29.9 Å². The molecule has 0 heterocycles. The molecule has 0 amide bonds. The van der Waals surface area contributed by atoms with Gasteiger partial charge >= 0.3 is 5.97 Å². The normalized spacial score (nSPS) is 14.6. The largest absolute Gasteiger partial charge is 0.479 e. The number of hydrogen-bond donors (Lipinski definition) is 3. The molecular formula is C23H44O5. The fraction of sp³-hybridized carbons (Fsp3) is 0.913. The Balaban J connectivity index is 3.56. The number of rotatable bonds is 20. The molecule has 0 aliphatic rings. The van der Waals surface area contributed by atoms with Crippen molar-refractivity contribution in [2.75, 3.05) is 0 Å². The quantitative estimate of drug-likeness (QED) is 0.188. The predicted octanol–water partition coefficient (Wildman–Crippen LogP) is 5.40. The summed E-state index contributed by atoms with van der Waals surface area (Å²) in [6, 6.07) is 0. The summed E-state index contributed by atoms with van der Waals surface area (Å²) >= 11 is 0. The Kier molecular flexibility index (Phi) is 16.4. The maximum atomic E-state index is 12.0. The highest BCUT2D eigenvalue weighted by Crippen LogP contribution is 2.20. The first kappa shape index (κ1) is 27.1. The fourth-order valence-corrected chi connectivity index (χ4v) is 3.61. The number of ketones is 1. The van der Waals surface area contributed by atoms with Gasteiger partial charge in [0.05, 0.1) is 6.10 Å². The maximum Gasteiger partial charge on any atom is 0.343 e. The molecule has 3 N–H and O–H groups in total. The molecule has 0 aromatic rings. The summed E-state index contributed by atoms with van der Waals surface area (Å²) in [6.45, 7) is 3.62. The molecule has 0 bridgehead atoms. The number of carbonyl (C=O) groups excluding carboxylic acids is 1. The minimum absolute atomic E-state index is 0.0494. The topological polar surface area (TPSA) is 94.8 Å². The van der Waals surface area contributed by atoms with Gasteiger partial charge in [0.2, 0.25) is 5.60 Å². The van der Waals surface area contributed by atoms with Crippen LogP contribution in [0.5, 0.6) is 0 Å². The van der Waals surface area contributed by atoms with E-state index in [0.717, 1.165) is 19.3 Å². The summed E-state index contributed by atoms with van der Waals surface area (Å²) in [5.74, 6) is -2.27. The highest BCUT2D eigenvalue weighted by Gasteiger charge is 2.44. The Bertz CT molecular complexity index is 408. The van der Waals surface area contributed by atoms with E-state index in [2.05, 4.69) is 6.92 Å². The second-order valence-corrected chi connectivity index (χ2v) is 8.34. The number of aliphatic carboxylic acids is 1. The van der Waals surface area contributed by atoms with E-state index in [-0.39, 0.29) is 6.42 Å². The molecule has 2 unspecified atom stereocenters. The number of unbranched alkanes of at least 4 members (excludes halogenated alkanes) is 14. The lowest BCUT2D eigenvalue weighted by Crippen LogP contribution is -2.48. The van der Waals surface area contributed by atoms with Crippen LogP contribution >= 0.6 is 0 Å². The molecule has 0 saturated heterocycles. The Hall–Kier alpha value is -0.940. The SMILES string of the molecule is CCCCCCCCCCCCCCCCCC(=O)C(O)(CC(C)O)C(=O)O. The van der Waals surface area contributed by atoms with Gasteiger partial charge in [0.15, 0.2) is 5.78 Å². The average molecular weight is 401 g/mol. The molecule has 2 atom stereocenters. The van der Waals surface area contributed by atoms with Crippen LogP contribution in [0.2, 0.25) is 0 Å². The van der Waals surface area contributed by atoms with Crippen LogP contribution in [0.15, 0.2) is 0 Å². The van der Waals surface area contributed by atoms with Gasteiger partial charge in [-0.2, -0.15) is 0 Å². The van der Waals surface area contributed by atoms with E-state index in [1.165, 1.54) is 77.6 Å². The first-order valence-corrected chi connectivity index (χ1v) is 11.5. The highest BCUT2D eigenvalue weighted by atomic mass is 16.4. The molecule has 0 aromatic heterocycles. The third-order valence-electron chi connectivity index (χ3n) is 5.41. The van der Waals surface area contributed by atoms with Crippen molar-refractivity contribution >= 4 is 11.8 Å². The van der Waals surface area contributed by atoms with Gasteiger partial charge in [-0.3, -0.25) is 4.79 Å². The van der Waals surface area contributed by atoms with Crippen molar-refractivity contribution < 1.29 is 24.9 Å². The first-order chi connectivity index (χ1) is 13.3. The lowest BCUT2D eigenvalue weighted by atomic mass is 9.89. The minimum atomic E-state index is -2.45. The Morgan fingerprint density at radius 2 is 1.11 bits per heavy atom. The highest BCUT2D eigenvalue weighted by molar-refractivity contribution is 6.06. The number of carboxylic acid groups (broad SMARTS) is 1. The monoisotopic (exact) mass is 400 g/mol. The van der Waals surface area contributed by atoms with Crippen LogP contribution in [-0.4, -0.2) is 38.8 Å². The number of carbonyl (C=O) groups is 2. The van der Waals surface area contributed by atoms with Gasteiger partial charge in [-0.1, -0.05) is 96.8 Å². The summed E-state index contributed by atoms with van der Waals surface area (Å²) in [6.07, 6.45) is 16.9. The second kappa shape index (κ2) is 17.0. The molecule has 0 fully saturated rings. The number of hydrogen-bond acceptors (Lipinski definition) is 4. The van der Waals surface area contributed by atoms with Gasteiger partial charge in [-0.05, 0) is 13.3 Å². The van der Waals surface area contributed by atoms with Crippen LogP contribution in [0.3, 0.4) is 0 Å². The van der Waals surface area contributed by atoms with E-state index in [0.29, 0.717) is 6.42 Å². The van der Waals surface area contributed by atoms with Crippen LogP contribution in [0.1, 0.15) is 123 Å². The molecule has 166 valence electrons. The van der Waals surface area contributed by atoms with Gasteiger partial charge in [0, 0.05) is 12.8 Å². The molecule has 0 aliphatic carbocycles. The average Bonchev–Trinajstić information content (AvgIpc) is 2.63. The van der Waals surface area contributed by atoms with E-state index in [1.807, 2.05) is 0 Å². The molecule has 5 nitrogen and oxygen atoms in total. The molecular weight excluding hydrogens is 356 g/mol. The fourth-order valence-electron chi connectivity index (χ4n) is 3.61. The third-order valence-corrected chi connectivity index (χ3v) is 5.41. The van der Waals surface area contributed by atoms with Crippen molar-refractivity contribution in [1.29, 1.82) is 0 Å². The standard InChI is InChI=1S/C23H44O5/c1-3-4-5-6-7-8-9-10-11-12-13-14-15-16-17-18-21(25)23(28,22(26)27)19-20(2)24/h20,24,28H,3-19H2,1-2H3,(H,26,27). The van der Waals surface area contributed by atoms with Gasteiger partial charge in [-0.15, -0.1) is 0 Å². The molecule has 0 spiro atoms. The zero-order valence-corrected chi connectivity index (χ0v) is 18.3. The van der Waals surface area contributed by atoms with Crippen molar-refractivity contribution in [1.82, 2.24) is 0 Å². The van der Waals surface area contributed by atoms with Crippen molar-refractivity contribution in [2.24, 2.45) is 0 Å². The number of aliphatic hydroxyl groups excluding tert-OH is 1. The molecule has 0 rings (SSSR count). The van der Waals surface area contributed by atoms with Gasteiger partial charge < -0.3 is 15.3 Å². The molecule has 28 heavy (non-hydrogen) atoms. The van der Waals surface area contributed by atoms with E-state index in [9.17, 15) is 19.8 Å². The summed E-state index contributed by atoms with van der Waals surface area (Å²) in [5.41, 5.74) is -2.45. The maximum absolute atomic E-state index is 12.0. The van der Waals surface area contributed by atoms with Crippen LogP contribution in [0.4, 0.5) is 0 Å². The lowest BCUT2D eigenvalue weighted by molar-refractivity contribution is -0.168. The number of Topliss-reactive ketones (excluding diaryl/α,β-unsaturated/α-hetero) is 1. The number of carboxylic acids is 1. The third kappa shape index (κ3) is 13.3. The summed E-state index contributed by atoms with van der Waals surface area (Å²) in [4.78, 5) is 23.2. The van der Waals surface area contributed by atoms with Gasteiger partial charge in [-0.25, -0.2) is 4.79 Å². The molecule has 0 aromatic carbocycles. The lowest BCUT2D eigenvalue weighted by Gasteiger charge is -2.23. The van der Waals surface area contributed by atoms with Gasteiger partial charge in [0.1, 0.15) is 0 Å².